The van der Waals surface area contributed by atoms with Crippen LogP contribution in [0.1, 0.15) is 0 Å². The maximum Gasteiger partial charge on any atom is 0.312 e. The summed E-state index contributed by atoms with van der Waals surface area (Å²) in [7, 11) is -4.39. The van der Waals surface area contributed by atoms with Gasteiger partial charge in [-0.15, -0.1) is 5.11 Å². The fourth-order valence-electron chi connectivity index (χ4n) is 1.98. The van der Waals surface area contributed by atoms with Gasteiger partial charge in [0.15, 0.2) is 5.03 Å². The Balaban J connectivity index is 2.19. The van der Waals surface area contributed by atoms with Gasteiger partial charge in [0.25, 0.3) is 0 Å². The van der Waals surface area contributed by atoms with Crippen molar-refractivity contribution in [2.24, 2.45) is 10.3 Å². The molecule has 21 heavy (non-hydrogen) atoms. The van der Waals surface area contributed by atoms with E-state index in [4.69, 9.17) is 0 Å². The summed E-state index contributed by atoms with van der Waals surface area (Å²) in [6.45, 7) is 0. The molecular formula is C14H11N3O3S. The minimum Gasteiger partial charge on any atom is -0.281 e. The van der Waals surface area contributed by atoms with Crippen molar-refractivity contribution in [1.29, 1.82) is 0 Å². The molecule has 0 saturated heterocycles. The van der Waals surface area contributed by atoms with E-state index in [0.717, 1.165) is 4.68 Å². The molecule has 3 rings (SSSR count). The number of nitrogens with zero attached hydrogens (tertiary/aromatic N) is 3. The van der Waals surface area contributed by atoms with E-state index in [1.807, 2.05) is 6.07 Å². The van der Waals surface area contributed by atoms with Crippen molar-refractivity contribution in [3.8, 4) is 0 Å². The molecule has 0 bridgehead atoms. The molecule has 1 N–H and O–H groups in total. The van der Waals surface area contributed by atoms with Gasteiger partial charge in [-0.2, -0.15) is 8.42 Å². The third-order valence-corrected chi connectivity index (χ3v) is 3.74. The van der Waals surface area contributed by atoms with E-state index >= 15 is 0 Å². The number of aromatic nitrogens is 1. The molecule has 0 amide bonds. The number of fused-ring (bicyclic) bond motifs is 1. The Hall–Kier alpha value is -2.51. The van der Waals surface area contributed by atoms with Crippen LogP contribution in [0.3, 0.4) is 0 Å². The van der Waals surface area contributed by atoms with Crippen LogP contribution in [0.5, 0.6) is 0 Å². The van der Waals surface area contributed by atoms with Crippen molar-refractivity contribution in [2.75, 3.05) is 0 Å². The molecule has 0 spiro atoms. The third kappa shape index (κ3) is 2.69. The summed E-state index contributed by atoms with van der Waals surface area (Å²) >= 11 is 0. The van der Waals surface area contributed by atoms with E-state index in [1.54, 1.807) is 48.5 Å². The van der Waals surface area contributed by atoms with Crippen LogP contribution in [0, 0.1) is 0 Å². The molecule has 106 valence electrons. The van der Waals surface area contributed by atoms with E-state index in [-0.39, 0.29) is 5.03 Å². The molecule has 1 heterocycles. The van der Waals surface area contributed by atoms with Gasteiger partial charge in [0.05, 0.1) is 11.2 Å². The molecule has 0 saturated carbocycles. The van der Waals surface area contributed by atoms with E-state index < -0.39 is 10.1 Å². The monoisotopic (exact) mass is 301 g/mol. The minimum absolute atomic E-state index is 0.316. The average molecular weight is 301 g/mol. The van der Waals surface area contributed by atoms with Crippen LogP contribution in [-0.4, -0.2) is 17.6 Å². The zero-order chi connectivity index (χ0) is 14.9. The second-order valence-corrected chi connectivity index (χ2v) is 5.72. The molecule has 3 aromatic rings. The summed E-state index contributed by atoms with van der Waals surface area (Å²) in [5, 5.41) is 8.25. The Kier molecular flexibility index (Phi) is 3.28. The van der Waals surface area contributed by atoms with Crippen molar-refractivity contribution in [3.63, 3.8) is 0 Å². The molecule has 2 aromatic carbocycles. The summed E-state index contributed by atoms with van der Waals surface area (Å²) in [5.41, 5.74) is 1.13. The SMILES string of the molecule is O=S(=O)(O)c1cc2ccccc2n1/N=N/c1ccccc1. The van der Waals surface area contributed by atoms with Crippen molar-refractivity contribution in [1.82, 2.24) is 4.68 Å². The van der Waals surface area contributed by atoms with Crippen LogP contribution >= 0.6 is 0 Å². The van der Waals surface area contributed by atoms with Crippen LogP contribution in [0.4, 0.5) is 5.69 Å². The predicted molar refractivity (Wildman–Crippen MR) is 78.1 cm³/mol. The molecule has 0 aliphatic heterocycles. The number of benzene rings is 2. The van der Waals surface area contributed by atoms with Crippen LogP contribution in [0.15, 0.2) is 76.0 Å². The van der Waals surface area contributed by atoms with Gasteiger partial charge in [-0.25, -0.2) is 4.68 Å². The summed E-state index contributed by atoms with van der Waals surface area (Å²) < 4.78 is 33.4. The van der Waals surface area contributed by atoms with Gasteiger partial charge in [0.1, 0.15) is 0 Å². The summed E-state index contributed by atoms with van der Waals surface area (Å²) in [6.07, 6.45) is 0. The Bertz CT molecular complexity index is 915. The molecule has 0 radical (unpaired) electrons. The van der Waals surface area contributed by atoms with Crippen molar-refractivity contribution in [2.45, 2.75) is 5.03 Å². The van der Waals surface area contributed by atoms with E-state index in [1.165, 1.54) is 6.07 Å². The minimum atomic E-state index is -4.39. The van der Waals surface area contributed by atoms with Gasteiger partial charge >= 0.3 is 10.1 Å². The highest BCUT2D eigenvalue weighted by Gasteiger charge is 2.19. The first-order valence-corrected chi connectivity index (χ1v) is 7.55. The van der Waals surface area contributed by atoms with E-state index in [2.05, 4.69) is 10.3 Å². The maximum atomic E-state index is 11.5. The summed E-state index contributed by atoms with van der Waals surface area (Å²) in [4.78, 5) is 0. The standard InChI is InChI=1S/C14H11N3O3S/c18-21(19,20)14-10-11-6-4-5-9-13(11)17(14)16-15-12-7-2-1-3-8-12/h1-10H,(H,18,19,20)/b16-15+. The number of hydrogen-bond acceptors (Lipinski definition) is 4. The van der Waals surface area contributed by atoms with E-state index in [0.29, 0.717) is 16.6 Å². The second kappa shape index (κ2) is 5.12. The Morgan fingerprint density at radius 2 is 1.62 bits per heavy atom. The largest absolute Gasteiger partial charge is 0.312 e. The number of para-hydroxylation sites is 1. The fraction of sp³-hybridized carbons (Fsp3) is 0. The molecule has 0 fully saturated rings. The van der Waals surface area contributed by atoms with Crippen molar-refractivity contribution in [3.05, 3.63) is 60.7 Å². The normalized spacial score (nSPS) is 12.2. The van der Waals surface area contributed by atoms with Gasteiger partial charge in [-0.3, -0.25) is 4.55 Å². The Morgan fingerprint density at radius 3 is 2.33 bits per heavy atom. The lowest BCUT2D eigenvalue weighted by atomic mass is 10.3. The molecule has 7 heteroatoms. The van der Waals surface area contributed by atoms with Crippen LogP contribution in [0.25, 0.3) is 10.9 Å². The average Bonchev–Trinajstić information content (AvgIpc) is 2.85. The third-order valence-electron chi connectivity index (χ3n) is 2.92. The van der Waals surface area contributed by atoms with Gasteiger partial charge in [-0.05, 0) is 24.3 Å². The Morgan fingerprint density at radius 1 is 0.952 bits per heavy atom. The molecule has 1 aromatic heterocycles. The molecule has 0 aliphatic rings. The summed E-state index contributed by atoms with van der Waals surface area (Å²) in [5.74, 6) is 0. The topological polar surface area (TPSA) is 84.0 Å². The predicted octanol–water partition coefficient (Wildman–Crippen LogP) is 3.44. The molecule has 0 unspecified atom stereocenters. The Labute approximate surface area is 121 Å². The van der Waals surface area contributed by atoms with Gasteiger partial charge in [0, 0.05) is 5.39 Å². The number of rotatable bonds is 3. The lowest BCUT2D eigenvalue weighted by Gasteiger charge is -2.00. The molecule has 0 atom stereocenters. The zero-order valence-electron chi connectivity index (χ0n) is 10.8. The highest BCUT2D eigenvalue weighted by molar-refractivity contribution is 7.85. The highest BCUT2D eigenvalue weighted by Crippen LogP contribution is 2.24. The highest BCUT2D eigenvalue weighted by atomic mass is 32.2. The fourth-order valence-corrected chi connectivity index (χ4v) is 2.61. The van der Waals surface area contributed by atoms with Crippen molar-refractivity contribution < 1.29 is 13.0 Å². The summed E-state index contributed by atoms with van der Waals surface area (Å²) in [6, 6.07) is 17.2. The zero-order valence-corrected chi connectivity index (χ0v) is 11.6. The molecule has 0 aliphatic carbocycles. The van der Waals surface area contributed by atoms with Crippen molar-refractivity contribution >= 4 is 26.7 Å². The van der Waals surface area contributed by atoms with Crippen LogP contribution in [0.2, 0.25) is 0 Å². The second-order valence-electron chi connectivity index (χ2n) is 4.35. The molecule has 6 nitrogen and oxygen atoms in total. The van der Waals surface area contributed by atoms with E-state index in [9.17, 15) is 13.0 Å². The first-order chi connectivity index (χ1) is 10.1. The smallest absolute Gasteiger partial charge is 0.281 e. The van der Waals surface area contributed by atoms with Crippen LogP contribution < -0.4 is 0 Å². The lowest BCUT2D eigenvalue weighted by molar-refractivity contribution is 0.473. The van der Waals surface area contributed by atoms with Gasteiger partial charge in [-0.1, -0.05) is 41.6 Å². The molecular weight excluding hydrogens is 290 g/mol. The first kappa shape index (κ1) is 13.5. The quantitative estimate of drug-likeness (QED) is 0.594. The number of hydrogen-bond donors (Lipinski definition) is 1. The van der Waals surface area contributed by atoms with Gasteiger partial charge in [0.2, 0.25) is 0 Å². The van der Waals surface area contributed by atoms with Crippen LogP contribution in [-0.2, 0) is 10.1 Å². The maximum absolute atomic E-state index is 11.5. The first-order valence-electron chi connectivity index (χ1n) is 6.11. The van der Waals surface area contributed by atoms with Gasteiger partial charge < -0.3 is 0 Å². The lowest BCUT2D eigenvalue weighted by Crippen LogP contribution is -2.04.